The van der Waals surface area contributed by atoms with Gasteiger partial charge in [0.2, 0.25) is 5.91 Å². The second-order valence-corrected chi connectivity index (χ2v) is 6.70. The minimum atomic E-state index is -0.434. The Morgan fingerprint density at radius 2 is 2.08 bits per heavy atom. The molecule has 0 aliphatic carbocycles. The Bertz CT molecular complexity index is 823. The first-order chi connectivity index (χ1) is 12.6. The Morgan fingerprint density at radius 3 is 2.77 bits per heavy atom. The van der Waals surface area contributed by atoms with E-state index in [1.54, 1.807) is 24.1 Å². The van der Waals surface area contributed by atoms with Gasteiger partial charge in [-0.05, 0) is 23.8 Å². The summed E-state index contributed by atoms with van der Waals surface area (Å²) >= 11 is 0. The molecule has 6 heteroatoms. The van der Waals surface area contributed by atoms with Gasteiger partial charge in [0.1, 0.15) is 11.9 Å². The van der Waals surface area contributed by atoms with Crippen LogP contribution in [0.25, 0.3) is 0 Å². The van der Waals surface area contributed by atoms with Crippen molar-refractivity contribution in [1.29, 1.82) is 0 Å². The summed E-state index contributed by atoms with van der Waals surface area (Å²) in [7, 11) is 1.59. The summed E-state index contributed by atoms with van der Waals surface area (Å²) in [5.41, 5.74) is 1.55. The second-order valence-electron chi connectivity index (χ2n) is 6.70. The number of likely N-dealkylation sites (tertiary alicyclic amines) is 1. The topological polar surface area (TPSA) is 59.0 Å². The number of halogens is 1. The first-order valence-corrected chi connectivity index (χ1v) is 8.60. The fourth-order valence-corrected chi connectivity index (χ4v) is 3.87. The average molecular weight is 357 g/mol. The molecule has 0 bridgehead atoms. The zero-order valence-electron chi connectivity index (χ0n) is 14.4. The molecule has 1 saturated heterocycles. The van der Waals surface area contributed by atoms with Crippen LogP contribution in [0.5, 0.6) is 11.5 Å². The number of ether oxygens (including phenoxy) is 2. The first-order valence-electron chi connectivity index (χ1n) is 8.60. The fraction of sp³-hybridized carbons (Fsp3) is 0.350. The number of carbonyl (C=O) groups is 1. The summed E-state index contributed by atoms with van der Waals surface area (Å²) in [4.78, 5) is 14.6. The predicted molar refractivity (Wildman–Crippen MR) is 92.5 cm³/mol. The molecule has 1 fully saturated rings. The van der Waals surface area contributed by atoms with Gasteiger partial charge in [0.05, 0.1) is 26.2 Å². The van der Waals surface area contributed by atoms with Gasteiger partial charge in [-0.25, -0.2) is 4.39 Å². The number of carbonyl (C=O) groups excluding carboxylic acids is 1. The van der Waals surface area contributed by atoms with Crippen molar-refractivity contribution in [2.24, 2.45) is 5.92 Å². The molecule has 2 aliphatic rings. The molecule has 2 heterocycles. The fourth-order valence-electron chi connectivity index (χ4n) is 3.87. The molecule has 0 aromatic heterocycles. The summed E-state index contributed by atoms with van der Waals surface area (Å²) in [5.74, 6) is 0.198. The van der Waals surface area contributed by atoms with Crippen LogP contribution in [0.3, 0.4) is 0 Å². The molecule has 2 aromatic carbocycles. The predicted octanol–water partition coefficient (Wildman–Crippen LogP) is 2.33. The standard InChI is InChI=1S/C20H20FNO4/c1-25-14-7-5-12(6-8-14)9-17(24)22-10-13(11-23)19-18(22)15-3-2-4-16(21)20(15)26-19/h2-8,13,18-19,23H,9-11H2,1H3/t13-,18-,19-/m0/s1. The Balaban J connectivity index is 1.59. The molecule has 3 atom stereocenters. The van der Waals surface area contributed by atoms with Crippen molar-refractivity contribution in [2.75, 3.05) is 20.3 Å². The van der Waals surface area contributed by atoms with Crippen molar-refractivity contribution in [3.63, 3.8) is 0 Å². The van der Waals surface area contributed by atoms with Crippen LogP contribution in [0.4, 0.5) is 4.39 Å². The van der Waals surface area contributed by atoms with E-state index in [2.05, 4.69) is 0 Å². The Morgan fingerprint density at radius 1 is 1.31 bits per heavy atom. The van der Waals surface area contributed by atoms with E-state index in [4.69, 9.17) is 9.47 Å². The number of fused-ring (bicyclic) bond motifs is 3. The first kappa shape index (κ1) is 16.8. The van der Waals surface area contributed by atoms with Crippen molar-refractivity contribution < 1.29 is 23.8 Å². The third kappa shape index (κ3) is 2.70. The number of benzene rings is 2. The molecule has 0 saturated carbocycles. The maximum Gasteiger partial charge on any atom is 0.227 e. The van der Waals surface area contributed by atoms with Crippen LogP contribution >= 0.6 is 0 Å². The van der Waals surface area contributed by atoms with Crippen LogP contribution in [0.1, 0.15) is 17.2 Å². The quantitative estimate of drug-likeness (QED) is 0.912. The van der Waals surface area contributed by atoms with Crippen LogP contribution < -0.4 is 9.47 Å². The number of hydrogen-bond acceptors (Lipinski definition) is 4. The van der Waals surface area contributed by atoms with Crippen LogP contribution in [-0.2, 0) is 11.2 Å². The van der Waals surface area contributed by atoms with Gasteiger partial charge in [-0.1, -0.05) is 24.3 Å². The molecule has 26 heavy (non-hydrogen) atoms. The molecule has 5 nitrogen and oxygen atoms in total. The highest BCUT2D eigenvalue weighted by Gasteiger charge is 2.51. The molecule has 0 radical (unpaired) electrons. The van der Waals surface area contributed by atoms with E-state index in [0.29, 0.717) is 12.1 Å². The normalized spacial score (nSPS) is 23.3. The molecule has 0 unspecified atom stereocenters. The summed E-state index contributed by atoms with van der Waals surface area (Å²) < 4.78 is 25.0. The zero-order chi connectivity index (χ0) is 18.3. The van der Waals surface area contributed by atoms with E-state index >= 15 is 0 Å². The number of nitrogens with zero attached hydrogens (tertiary/aromatic N) is 1. The van der Waals surface area contributed by atoms with Crippen molar-refractivity contribution >= 4 is 5.91 Å². The van der Waals surface area contributed by atoms with E-state index < -0.39 is 11.9 Å². The molecular weight excluding hydrogens is 337 g/mol. The monoisotopic (exact) mass is 357 g/mol. The zero-order valence-corrected chi connectivity index (χ0v) is 14.4. The lowest BCUT2D eigenvalue weighted by molar-refractivity contribution is -0.131. The van der Waals surface area contributed by atoms with Gasteiger partial charge in [-0.2, -0.15) is 0 Å². The molecular formula is C20H20FNO4. The Labute approximate surface area is 151 Å². The lowest BCUT2D eigenvalue weighted by atomic mass is 9.99. The second kappa shape index (κ2) is 6.61. The van der Waals surface area contributed by atoms with Gasteiger partial charge in [0.25, 0.3) is 0 Å². The summed E-state index contributed by atoms with van der Waals surface area (Å²) in [5, 5.41) is 9.68. The minimum Gasteiger partial charge on any atom is -0.497 e. The van der Waals surface area contributed by atoms with Gasteiger partial charge < -0.3 is 19.5 Å². The van der Waals surface area contributed by atoms with E-state index in [1.165, 1.54) is 6.07 Å². The van der Waals surface area contributed by atoms with Crippen LogP contribution in [0, 0.1) is 11.7 Å². The number of amides is 1. The highest BCUT2D eigenvalue weighted by molar-refractivity contribution is 5.80. The van der Waals surface area contributed by atoms with Crippen molar-refractivity contribution in [2.45, 2.75) is 18.6 Å². The number of rotatable bonds is 4. The van der Waals surface area contributed by atoms with E-state index in [9.17, 15) is 14.3 Å². The molecule has 136 valence electrons. The Hall–Kier alpha value is -2.60. The third-order valence-electron chi connectivity index (χ3n) is 5.18. The highest BCUT2D eigenvalue weighted by atomic mass is 19.1. The highest BCUT2D eigenvalue weighted by Crippen LogP contribution is 2.48. The van der Waals surface area contributed by atoms with Gasteiger partial charge in [0, 0.05) is 18.0 Å². The number of para-hydroxylation sites is 1. The van der Waals surface area contributed by atoms with Crippen LogP contribution in [0.2, 0.25) is 0 Å². The SMILES string of the molecule is COc1ccc(CC(=O)N2C[C@@H](CO)[C@@H]3Oc4c(F)cccc4[C@@H]32)cc1. The lowest BCUT2D eigenvalue weighted by Crippen LogP contribution is -2.33. The van der Waals surface area contributed by atoms with Gasteiger partial charge in [-0.15, -0.1) is 0 Å². The molecule has 2 aliphatic heterocycles. The third-order valence-corrected chi connectivity index (χ3v) is 5.18. The molecule has 4 rings (SSSR count). The number of aliphatic hydroxyl groups excluding tert-OH is 1. The smallest absolute Gasteiger partial charge is 0.227 e. The molecule has 2 aromatic rings. The largest absolute Gasteiger partial charge is 0.497 e. The van der Waals surface area contributed by atoms with Crippen molar-refractivity contribution in [3.05, 3.63) is 59.4 Å². The lowest BCUT2D eigenvalue weighted by Gasteiger charge is -2.23. The van der Waals surface area contributed by atoms with Gasteiger partial charge in [-0.3, -0.25) is 4.79 Å². The van der Waals surface area contributed by atoms with Gasteiger partial charge in [0.15, 0.2) is 11.6 Å². The van der Waals surface area contributed by atoms with Crippen molar-refractivity contribution in [3.8, 4) is 11.5 Å². The molecule has 1 amide bonds. The van der Waals surface area contributed by atoms with E-state index in [1.807, 2.05) is 24.3 Å². The van der Waals surface area contributed by atoms with Crippen molar-refractivity contribution in [1.82, 2.24) is 4.90 Å². The number of methoxy groups -OCH3 is 1. The average Bonchev–Trinajstić information content (AvgIpc) is 3.20. The summed E-state index contributed by atoms with van der Waals surface area (Å²) in [6.07, 6.45) is -0.178. The van der Waals surface area contributed by atoms with Gasteiger partial charge >= 0.3 is 0 Å². The Kier molecular flexibility index (Phi) is 4.28. The maximum atomic E-state index is 14.1. The number of aliphatic hydroxyl groups is 1. The van der Waals surface area contributed by atoms with E-state index in [0.717, 1.165) is 11.3 Å². The number of hydrogen-bond donors (Lipinski definition) is 1. The van der Waals surface area contributed by atoms with Crippen LogP contribution in [-0.4, -0.2) is 42.3 Å². The summed E-state index contributed by atoms with van der Waals surface area (Å²) in [6, 6.07) is 11.7. The molecule has 0 spiro atoms. The van der Waals surface area contributed by atoms with E-state index in [-0.39, 0.29) is 36.6 Å². The maximum absolute atomic E-state index is 14.1. The summed E-state index contributed by atoms with van der Waals surface area (Å²) in [6.45, 7) is 0.292. The minimum absolute atomic E-state index is 0.0678. The van der Waals surface area contributed by atoms with Crippen LogP contribution in [0.15, 0.2) is 42.5 Å². The molecule has 1 N–H and O–H groups in total.